The van der Waals surface area contributed by atoms with Crippen LogP contribution >= 0.6 is 0 Å². The third-order valence-electron chi connectivity index (χ3n) is 3.78. The van der Waals surface area contributed by atoms with E-state index >= 15 is 0 Å². The molecule has 0 saturated carbocycles. The SMILES string of the molecule is CNC(=O)c1cc2cc(C#N)cc(-c3ccc(CO)cc3)c2[nH]1. The van der Waals surface area contributed by atoms with Gasteiger partial charge in [0.25, 0.3) is 5.91 Å². The minimum absolute atomic E-state index is 0.0166. The van der Waals surface area contributed by atoms with Gasteiger partial charge in [0.15, 0.2) is 0 Å². The van der Waals surface area contributed by atoms with E-state index in [1.807, 2.05) is 24.3 Å². The van der Waals surface area contributed by atoms with Crippen LogP contribution in [-0.2, 0) is 6.61 Å². The number of benzene rings is 2. The smallest absolute Gasteiger partial charge is 0.267 e. The van der Waals surface area contributed by atoms with Crippen LogP contribution in [-0.4, -0.2) is 23.0 Å². The van der Waals surface area contributed by atoms with Gasteiger partial charge in [-0.3, -0.25) is 4.79 Å². The molecule has 3 N–H and O–H groups in total. The molecule has 3 aromatic rings. The highest BCUT2D eigenvalue weighted by Crippen LogP contribution is 2.30. The molecule has 0 aliphatic carbocycles. The van der Waals surface area contributed by atoms with E-state index in [2.05, 4.69) is 16.4 Å². The van der Waals surface area contributed by atoms with Gasteiger partial charge >= 0.3 is 0 Å². The molecule has 23 heavy (non-hydrogen) atoms. The van der Waals surface area contributed by atoms with Gasteiger partial charge in [-0.15, -0.1) is 0 Å². The molecular weight excluding hydrogens is 290 g/mol. The van der Waals surface area contributed by atoms with Crippen molar-refractivity contribution in [2.45, 2.75) is 6.61 Å². The van der Waals surface area contributed by atoms with Crippen LogP contribution < -0.4 is 5.32 Å². The molecule has 1 amide bonds. The number of carbonyl (C=O) groups is 1. The van der Waals surface area contributed by atoms with E-state index in [1.54, 1.807) is 25.2 Å². The van der Waals surface area contributed by atoms with E-state index in [0.717, 1.165) is 27.6 Å². The van der Waals surface area contributed by atoms with E-state index in [9.17, 15) is 10.1 Å². The van der Waals surface area contributed by atoms with Gasteiger partial charge in [0.1, 0.15) is 5.69 Å². The second-order valence-electron chi connectivity index (χ2n) is 5.22. The zero-order valence-corrected chi connectivity index (χ0v) is 12.6. The van der Waals surface area contributed by atoms with Crippen LogP contribution in [0.2, 0.25) is 0 Å². The Morgan fingerprint density at radius 1 is 1.26 bits per heavy atom. The van der Waals surface area contributed by atoms with Gasteiger partial charge in [0.05, 0.1) is 23.8 Å². The molecule has 0 bridgehead atoms. The number of nitrogens with one attached hydrogen (secondary N) is 2. The molecule has 3 rings (SSSR count). The monoisotopic (exact) mass is 305 g/mol. The van der Waals surface area contributed by atoms with Gasteiger partial charge < -0.3 is 15.4 Å². The first-order valence-corrected chi connectivity index (χ1v) is 7.15. The Hall–Kier alpha value is -3.10. The van der Waals surface area contributed by atoms with Crippen LogP contribution in [0.25, 0.3) is 22.0 Å². The summed E-state index contributed by atoms with van der Waals surface area (Å²) in [4.78, 5) is 15.0. The highest BCUT2D eigenvalue weighted by atomic mass is 16.3. The molecule has 5 nitrogen and oxygen atoms in total. The Labute approximate surface area is 133 Å². The average Bonchev–Trinajstić information content (AvgIpc) is 3.04. The Morgan fingerprint density at radius 2 is 2.00 bits per heavy atom. The van der Waals surface area contributed by atoms with Crippen molar-refractivity contribution >= 4 is 16.8 Å². The summed E-state index contributed by atoms with van der Waals surface area (Å²) in [6, 6.07) is 14.9. The fourth-order valence-corrected chi connectivity index (χ4v) is 2.58. The predicted octanol–water partition coefficient (Wildman–Crippen LogP) is 2.56. The Morgan fingerprint density at radius 3 is 2.61 bits per heavy atom. The summed E-state index contributed by atoms with van der Waals surface area (Å²) < 4.78 is 0. The van der Waals surface area contributed by atoms with Crippen molar-refractivity contribution in [3.8, 4) is 17.2 Å². The topological polar surface area (TPSA) is 88.9 Å². The van der Waals surface area contributed by atoms with Crippen LogP contribution in [0.5, 0.6) is 0 Å². The lowest BCUT2D eigenvalue weighted by molar-refractivity contribution is 0.0959. The molecule has 0 unspecified atom stereocenters. The van der Waals surface area contributed by atoms with Crippen LogP contribution in [0.15, 0.2) is 42.5 Å². The first-order valence-electron chi connectivity index (χ1n) is 7.15. The summed E-state index contributed by atoms with van der Waals surface area (Å²) in [7, 11) is 1.57. The molecule has 1 aromatic heterocycles. The molecule has 1 heterocycles. The van der Waals surface area contributed by atoms with Gasteiger partial charge in [0, 0.05) is 18.0 Å². The largest absolute Gasteiger partial charge is 0.392 e. The summed E-state index contributed by atoms with van der Waals surface area (Å²) in [5.41, 5.74) is 4.36. The van der Waals surface area contributed by atoms with Crippen molar-refractivity contribution in [2.75, 3.05) is 7.05 Å². The first-order chi connectivity index (χ1) is 11.2. The molecular formula is C18H15N3O2. The standard InChI is InChI=1S/C18H15N3O2/c1-20-18(23)16-8-14-6-12(9-19)7-15(17(14)21-16)13-4-2-11(10-22)3-5-13/h2-8,21-22H,10H2,1H3,(H,20,23). The van der Waals surface area contributed by atoms with Gasteiger partial charge in [-0.2, -0.15) is 5.26 Å². The summed E-state index contributed by atoms with van der Waals surface area (Å²) in [5, 5.41) is 21.8. The van der Waals surface area contributed by atoms with E-state index in [4.69, 9.17) is 5.11 Å². The lowest BCUT2D eigenvalue weighted by atomic mass is 9.99. The Kier molecular flexibility index (Phi) is 3.83. The van der Waals surface area contributed by atoms with Crippen molar-refractivity contribution in [3.63, 3.8) is 0 Å². The van der Waals surface area contributed by atoms with E-state index in [-0.39, 0.29) is 12.5 Å². The normalized spacial score (nSPS) is 10.5. The molecule has 0 aliphatic heterocycles. The van der Waals surface area contributed by atoms with Crippen molar-refractivity contribution in [1.29, 1.82) is 5.26 Å². The maximum Gasteiger partial charge on any atom is 0.267 e. The highest BCUT2D eigenvalue weighted by Gasteiger charge is 2.13. The molecule has 0 radical (unpaired) electrons. The van der Waals surface area contributed by atoms with Crippen LogP contribution in [0.3, 0.4) is 0 Å². The number of aromatic nitrogens is 1. The molecule has 2 aromatic carbocycles. The number of fused-ring (bicyclic) bond motifs is 1. The van der Waals surface area contributed by atoms with Gasteiger partial charge in [0.2, 0.25) is 0 Å². The fourth-order valence-electron chi connectivity index (χ4n) is 2.58. The lowest BCUT2D eigenvalue weighted by Crippen LogP contribution is -2.17. The molecule has 0 aliphatic rings. The molecule has 5 heteroatoms. The fraction of sp³-hybridized carbons (Fsp3) is 0.111. The van der Waals surface area contributed by atoms with Gasteiger partial charge in [-0.1, -0.05) is 24.3 Å². The number of amides is 1. The second kappa shape index (κ2) is 5.95. The van der Waals surface area contributed by atoms with E-state index in [1.165, 1.54) is 0 Å². The van der Waals surface area contributed by atoms with Crippen molar-refractivity contribution < 1.29 is 9.90 Å². The Bertz CT molecular complexity index is 918. The summed E-state index contributed by atoms with van der Waals surface area (Å²) in [5.74, 6) is -0.207. The van der Waals surface area contributed by atoms with Crippen molar-refractivity contribution in [2.24, 2.45) is 0 Å². The number of carbonyl (C=O) groups excluding carboxylic acids is 1. The summed E-state index contributed by atoms with van der Waals surface area (Å²) >= 11 is 0. The molecule has 0 saturated heterocycles. The highest BCUT2D eigenvalue weighted by molar-refractivity contribution is 6.02. The number of aliphatic hydroxyl groups excluding tert-OH is 1. The van der Waals surface area contributed by atoms with Crippen LogP contribution in [0, 0.1) is 11.3 Å². The number of hydrogen-bond donors (Lipinski definition) is 3. The molecule has 0 spiro atoms. The molecule has 0 atom stereocenters. The molecule has 0 fully saturated rings. The van der Waals surface area contributed by atoms with Gasteiger partial charge in [-0.25, -0.2) is 0 Å². The number of aromatic amines is 1. The van der Waals surface area contributed by atoms with E-state index in [0.29, 0.717) is 11.3 Å². The zero-order chi connectivity index (χ0) is 16.4. The lowest BCUT2D eigenvalue weighted by Gasteiger charge is -2.06. The second-order valence-corrected chi connectivity index (χ2v) is 5.22. The molecule has 114 valence electrons. The number of rotatable bonds is 3. The van der Waals surface area contributed by atoms with Crippen LogP contribution in [0.1, 0.15) is 21.6 Å². The van der Waals surface area contributed by atoms with Crippen molar-refractivity contribution in [3.05, 3.63) is 59.3 Å². The van der Waals surface area contributed by atoms with Gasteiger partial charge in [-0.05, 0) is 29.3 Å². The van der Waals surface area contributed by atoms with Crippen molar-refractivity contribution in [1.82, 2.24) is 10.3 Å². The van der Waals surface area contributed by atoms with Crippen LogP contribution in [0.4, 0.5) is 0 Å². The Balaban J connectivity index is 2.22. The first kappa shape index (κ1) is 14.8. The number of H-pyrrole nitrogens is 1. The minimum atomic E-state index is -0.207. The zero-order valence-electron chi connectivity index (χ0n) is 12.6. The third kappa shape index (κ3) is 2.68. The number of nitrogens with zero attached hydrogens (tertiary/aromatic N) is 1. The number of hydrogen-bond acceptors (Lipinski definition) is 3. The van der Waals surface area contributed by atoms with E-state index < -0.39 is 0 Å². The maximum absolute atomic E-state index is 11.8. The predicted molar refractivity (Wildman–Crippen MR) is 87.8 cm³/mol. The summed E-state index contributed by atoms with van der Waals surface area (Å²) in [6.07, 6.45) is 0. The quantitative estimate of drug-likeness (QED) is 0.694. The minimum Gasteiger partial charge on any atom is -0.392 e. The number of nitriles is 1. The average molecular weight is 305 g/mol. The maximum atomic E-state index is 11.8. The number of aliphatic hydroxyl groups is 1. The third-order valence-corrected chi connectivity index (χ3v) is 3.78. The summed E-state index contributed by atoms with van der Waals surface area (Å²) in [6.45, 7) is -0.0166.